The van der Waals surface area contributed by atoms with E-state index in [1.165, 1.54) is 0 Å². The van der Waals surface area contributed by atoms with Gasteiger partial charge < -0.3 is 10.0 Å². The summed E-state index contributed by atoms with van der Waals surface area (Å²) in [4.78, 5) is 10.8. The molecule has 1 saturated heterocycles. The molecule has 0 atom stereocenters. The molecule has 4 rings (SSSR count). The first-order valence-electron chi connectivity index (χ1n) is 9.20. The average Bonchev–Trinajstić information content (AvgIpc) is 3.15. The Morgan fingerprint density at radius 2 is 1.93 bits per heavy atom. The second-order valence-corrected chi connectivity index (χ2v) is 7.24. The van der Waals surface area contributed by atoms with Gasteiger partial charge in [-0.05, 0) is 44.1 Å². The third-order valence-corrected chi connectivity index (χ3v) is 5.41. The van der Waals surface area contributed by atoms with Gasteiger partial charge in [-0.2, -0.15) is 5.10 Å². The Morgan fingerprint density at radius 3 is 2.59 bits per heavy atom. The summed E-state index contributed by atoms with van der Waals surface area (Å²) in [5.74, 6) is 0.387. The molecule has 3 aromatic rings. The van der Waals surface area contributed by atoms with Crippen LogP contribution in [-0.2, 0) is 0 Å². The van der Waals surface area contributed by atoms with Crippen LogP contribution in [0.1, 0.15) is 24.5 Å². The van der Waals surface area contributed by atoms with Gasteiger partial charge in [0.05, 0.1) is 12.3 Å². The number of hydrogen-bond acceptors (Lipinski definition) is 5. The van der Waals surface area contributed by atoms with Crippen molar-refractivity contribution >= 4 is 11.6 Å². The van der Waals surface area contributed by atoms with Gasteiger partial charge in [0.2, 0.25) is 0 Å². The number of β-amino-alcohol motifs (C(OH)–C–C–N with tert-alkyl or cyclic N) is 1. The van der Waals surface area contributed by atoms with E-state index >= 15 is 0 Å². The van der Waals surface area contributed by atoms with E-state index in [1.807, 2.05) is 30.3 Å². The molecule has 6 nitrogen and oxygen atoms in total. The number of aliphatic hydroxyl groups excluding tert-OH is 1. The van der Waals surface area contributed by atoms with Crippen LogP contribution in [0.25, 0.3) is 22.5 Å². The number of nitrogens with zero attached hydrogens (tertiary/aromatic N) is 4. The largest absolute Gasteiger partial charge is 0.395 e. The summed E-state index contributed by atoms with van der Waals surface area (Å²) >= 11 is 6.05. The lowest BCUT2D eigenvalue weighted by Gasteiger charge is -2.31. The Morgan fingerprint density at radius 1 is 1.15 bits per heavy atom. The van der Waals surface area contributed by atoms with Gasteiger partial charge >= 0.3 is 0 Å². The van der Waals surface area contributed by atoms with Crippen molar-refractivity contribution in [3.63, 3.8) is 0 Å². The third kappa shape index (κ3) is 3.88. The number of piperidine rings is 1. The zero-order valence-electron chi connectivity index (χ0n) is 15.0. The minimum atomic E-state index is 0.210. The second-order valence-electron chi connectivity index (χ2n) is 6.80. The molecule has 7 heteroatoms. The zero-order valence-corrected chi connectivity index (χ0v) is 15.7. The summed E-state index contributed by atoms with van der Waals surface area (Å²) < 4.78 is 0. The molecule has 2 aromatic heterocycles. The van der Waals surface area contributed by atoms with Gasteiger partial charge in [0.15, 0.2) is 0 Å². The lowest BCUT2D eigenvalue weighted by Crippen LogP contribution is -2.35. The van der Waals surface area contributed by atoms with Gasteiger partial charge in [0.25, 0.3) is 0 Å². The van der Waals surface area contributed by atoms with Crippen molar-refractivity contribution in [1.29, 1.82) is 0 Å². The van der Waals surface area contributed by atoms with Crippen LogP contribution in [0.15, 0.2) is 42.9 Å². The van der Waals surface area contributed by atoms with Gasteiger partial charge in [-0.25, -0.2) is 9.97 Å². The van der Waals surface area contributed by atoms with E-state index < -0.39 is 0 Å². The summed E-state index contributed by atoms with van der Waals surface area (Å²) in [6.07, 6.45) is 5.39. The molecule has 0 amide bonds. The highest BCUT2D eigenvalue weighted by atomic mass is 35.5. The van der Waals surface area contributed by atoms with E-state index in [2.05, 4.69) is 25.1 Å². The summed E-state index contributed by atoms with van der Waals surface area (Å²) in [6, 6.07) is 9.65. The molecule has 0 saturated carbocycles. The Hall–Kier alpha value is -2.28. The minimum Gasteiger partial charge on any atom is -0.395 e. The maximum atomic E-state index is 9.16. The van der Waals surface area contributed by atoms with Crippen LogP contribution in [0.3, 0.4) is 0 Å². The molecule has 140 valence electrons. The number of halogens is 1. The highest BCUT2D eigenvalue weighted by Gasteiger charge is 2.27. The van der Waals surface area contributed by atoms with Crippen molar-refractivity contribution in [2.24, 2.45) is 0 Å². The fraction of sp³-hybridized carbons (Fsp3) is 0.350. The molecule has 0 unspecified atom stereocenters. The van der Waals surface area contributed by atoms with E-state index in [9.17, 15) is 0 Å². The fourth-order valence-electron chi connectivity index (χ4n) is 3.75. The van der Waals surface area contributed by atoms with E-state index in [4.69, 9.17) is 16.7 Å². The fourth-order valence-corrected chi connectivity index (χ4v) is 3.88. The normalized spacial score (nSPS) is 15.9. The number of rotatable bonds is 5. The molecule has 0 radical (unpaired) electrons. The standard InChI is InChI=1S/C20H22ClN5O/c21-16-3-1-14(2-4-16)19-18(17-5-8-22-13-23-17)20(25-24-19)15-6-9-26(10-7-15)11-12-27/h1-5,8,13,15,27H,6-7,9-12H2,(H,24,25). The van der Waals surface area contributed by atoms with Crippen molar-refractivity contribution in [2.45, 2.75) is 18.8 Å². The SMILES string of the molecule is OCCN1CCC(c2[nH]nc(-c3ccc(Cl)cc3)c2-c2ccncn2)CC1. The number of hydrogen-bond donors (Lipinski definition) is 2. The Labute approximate surface area is 163 Å². The minimum absolute atomic E-state index is 0.210. The maximum Gasteiger partial charge on any atom is 0.116 e. The van der Waals surface area contributed by atoms with Crippen LogP contribution in [0, 0.1) is 0 Å². The summed E-state index contributed by atoms with van der Waals surface area (Å²) in [5.41, 5.74) is 4.94. The molecule has 0 bridgehead atoms. The molecule has 1 aliphatic heterocycles. The topological polar surface area (TPSA) is 77.9 Å². The summed E-state index contributed by atoms with van der Waals surface area (Å²) in [5, 5.41) is 17.8. The molecule has 2 N–H and O–H groups in total. The highest BCUT2D eigenvalue weighted by Crippen LogP contribution is 2.39. The molecular weight excluding hydrogens is 362 g/mol. The number of likely N-dealkylation sites (tertiary alicyclic amines) is 1. The maximum absolute atomic E-state index is 9.16. The summed E-state index contributed by atoms with van der Waals surface area (Å²) in [7, 11) is 0. The lowest BCUT2D eigenvalue weighted by molar-refractivity contribution is 0.163. The number of nitrogens with one attached hydrogen (secondary N) is 1. The van der Waals surface area contributed by atoms with Gasteiger partial charge in [-0.3, -0.25) is 5.10 Å². The molecule has 27 heavy (non-hydrogen) atoms. The van der Waals surface area contributed by atoms with Gasteiger partial charge in [0.1, 0.15) is 12.0 Å². The van der Waals surface area contributed by atoms with E-state index in [0.717, 1.165) is 60.7 Å². The van der Waals surface area contributed by atoms with Gasteiger partial charge in [-0.15, -0.1) is 0 Å². The Balaban J connectivity index is 1.71. The molecule has 1 aliphatic rings. The van der Waals surface area contributed by atoms with Crippen molar-refractivity contribution in [2.75, 3.05) is 26.2 Å². The molecule has 3 heterocycles. The number of aliphatic hydroxyl groups is 1. The van der Waals surface area contributed by atoms with Crippen LogP contribution in [0.4, 0.5) is 0 Å². The first-order valence-corrected chi connectivity index (χ1v) is 9.58. The number of benzene rings is 1. The van der Waals surface area contributed by atoms with Crippen LogP contribution in [0.2, 0.25) is 5.02 Å². The quantitative estimate of drug-likeness (QED) is 0.706. The number of H-pyrrole nitrogens is 1. The van der Waals surface area contributed by atoms with E-state index in [0.29, 0.717) is 10.9 Å². The van der Waals surface area contributed by atoms with Crippen molar-refractivity contribution in [3.8, 4) is 22.5 Å². The van der Waals surface area contributed by atoms with Gasteiger partial charge in [0, 0.05) is 40.5 Å². The van der Waals surface area contributed by atoms with Crippen LogP contribution in [-0.4, -0.2) is 56.4 Å². The highest BCUT2D eigenvalue weighted by molar-refractivity contribution is 6.30. The second kappa shape index (κ2) is 8.17. The van der Waals surface area contributed by atoms with Crippen molar-refractivity contribution in [3.05, 3.63) is 53.6 Å². The third-order valence-electron chi connectivity index (χ3n) is 5.16. The molecule has 0 spiro atoms. The van der Waals surface area contributed by atoms with Crippen molar-refractivity contribution in [1.82, 2.24) is 25.1 Å². The average molecular weight is 384 g/mol. The first kappa shape index (κ1) is 18.1. The summed E-state index contributed by atoms with van der Waals surface area (Å²) in [6.45, 7) is 2.90. The Kier molecular flexibility index (Phi) is 5.48. The monoisotopic (exact) mass is 383 g/mol. The number of aromatic amines is 1. The molecule has 1 fully saturated rings. The lowest BCUT2D eigenvalue weighted by atomic mass is 9.89. The molecular formula is C20H22ClN5O. The molecule has 1 aromatic carbocycles. The zero-order chi connectivity index (χ0) is 18.6. The van der Waals surface area contributed by atoms with Crippen LogP contribution >= 0.6 is 11.6 Å². The number of aromatic nitrogens is 4. The van der Waals surface area contributed by atoms with Crippen LogP contribution < -0.4 is 0 Å². The predicted molar refractivity (Wildman–Crippen MR) is 106 cm³/mol. The van der Waals surface area contributed by atoms with E-state index in [1.54, 1.807) is 12.5 Å². The predicted octanol–water partition coefficient (Wildman–Crippen LogP) is 3.36. The Bertz CT molecular complexity index is 873. The first-order chi connectivity index (χ1) is 13.3. The van der Waals surface area contributed by atoms with Gasteiger partial charge in [-0.1, -0.05) is 23.7 Å². The van der Waals surface area contributed by atoms with Crippen LogP contribution in [0.5, 0.6) is 0 Å². The smallest absolute Gasteiger partial charge is 0.116 e. The van der Waals surface area contributed by atoms with E-state index in [-0.39, 0.29) is 6.61 Å². The van der Waals surface area contributed by atoms with Crippen molar-refractivity contribution < 1.29 is 5.11 Å². The molecule has 0 aliphatic carbocycles.